The van der Waals surface area contributed by atoms with Crippen LogP contribution in [0.3, 0.4) is 0 Å². The molecular formula is C22H19NO. The first-order valence-corrected chi connectivity index (χ1v) is 7.96. The predicted molar refractivity (Wildman–Crippen MR) is 99.6 cm³/mol. The Bertz CT molecular complexity index is 795. The minimum Gasteiger partial charge on any atom is -0.304 e. The number of para-hydroxylation sites is 1. The topological polar surface area (TPSA) is 20.3 Å². The summed E-state index contributed by atoms with van der Waals surface area (Å²) in [7, 11) is 0. The van der Waals surface area contributed by atoms with Crippen molar-refractivity contribution < 1.29 is 4.79 Å². The van der Waals surface area contributed by atoms with Crippen LogP contribution in [0.5, 0.6) is 0 Å². The van der Waals surface area contributed by atoms with Crippen molar-refractivity contribution in [1.82, 2.24) is 0 Å². The molecule has 0 aliphatic rings. The Balaban J connectivity index is 1.84. The molecule has 0 heterocycles. The molecule has 2 nitrogen and oxygen atoms in total. The van der Waals surface area contributed by atoms with Gasteiger partial charge < -0.3 is 4.90 Å². The van der Waals surface area contributed by atoms with Crippen LogP contribution >= 0.6 is 0 Å². The maximum Gasteiger partial charge on any atom is 0.251 e. The number of nitrogens with zero attached hydrogens (tertiary/aromatic N) is 1. The summed E-state index contributed by atoms with van der Waals surface area (Å²) >= 11 is 0. The van der Waals surface area contributed by atoms with Gasteiger partial charge in [-0.25, -0.2) is 0 Å². The Morgan fingerprint density at radius 2 is 1.29 bits per heavy atom. The van der Waals surface area contributed by atoms with Crippen LogP contribution < -0.4 is 4.90 Å². The SMILES string of the molecule is O=C(C=Cc1ccccc1)N(Cc1ccccc1)c1ccccc1. The van der Waals surface area contributed by atoms with E-state index in [2.05, 4.69) is 0 Å². The summed E-state index contributed by atoms with van der Waals surface area (Å²) in [6.07, 6.45) is 3.48. The summed E-state index contributed by atoms with van der Waals surface area (Å²) in [6, 6.07) is 29.6. The molecule has 1 amide bonds. The van der Waals surface area contributed by atoms with Gasteiger partial charge in [-0.15, -0.1) is 0 Å². The Hall–Kier alpha value is -3.13. The third kappa shape index (κ3) is 4.20. The number of anilines is 1. The normalized spacial score (nSPS) is 10.7. The molecule has 0 radical (unpaired) electrons. The lowest BCUT2D eigenvalue weighted by Crippen LogP contribution is -2.28. The minimum atomic E-state index is -0.0334. The lowest BCUT2D eigenvalue weighted by atomic mass is 10.1. The molecule has 3 aromatic rings. The van der Waals surface area contributed by atoms with Crippen LogP contribution in [-0.2, 0) is 11.3 Å². The molecule has 24 heavy (non-hydrogen) atoms. The highest BCUT2D eigenvalue weighted by atomic mass is 16.2. The van der Waals surface area contributed by atoms with E-state index in [1.54, 1.807) is 11.0 Å². The second-order valence-corrected chi connectivity index (χ2v) is 5.49. The lowest BCUT2D eigenvalue weighted by molar-refractivity contribution is -0.114. The molecule has 0 aromatic heterocycles. The van der Waals surface area contributed by atoms with E-state index in [1.807, 2.05) is 97.1 Å². The number of carbonyl (C=O) groups excluding carboxylic acids is 1. The Morgan fingerprint density at radius 1 is 0.750 bits per heavy atom. The number of amides is 1. The van der Waals surface area contributed by atoms with E-state index >= 15 is 0 Å². The highest BCUT2D eigenvalue weighted by Gasteiger charge is 2.13. The van der Waals surface area contributed by atoms with E-state index < -0.39 is 0 Å². The quantitative estimate of drug-likeness (QED) is 0.611. The summed E-state index contributed by atoms with van der Waals surface area (Å²) in [5.74, 6) is -0.0334. The van der Waals surface area contributed by atoms with Crippen LogP contribution in [0, 0.1) is 0 Å². The standard InChI is InChI=1S/C22H19NO/c24-22(17-16-19-10-4-1-5-11-19)23(21-14-8-3-9-15-21)18-20-12-6-2-7-13-20/h1-17H,18H2. The zero-order valence-corrected chi connectivity index (χ0v) is 13.4. The molecule has 0 saturated heterocycles. The minimum absolute atomic E-state index is 0.0334. The van der Waals surface area contributed by atoms with E-state index in [0.717, 1.165) is 16.8 Å². The first kappa shape index (κ1) is 15.8. The van der Waals surface area contributed by atoms with E-state index in [4.69, 9.17) is 0 Å². The Labute approximate surface area is 142 Å². The van der Waals surface area contributed by atoms with Crippen LogP contribution in [0.25, 0.3) is 6.08 Å². The van der Waals surface area contributed by atoms with Crippen molar-refractivity contribution in [3.8, 4) is 0 Å². The van der Waals surface area contributed by atoms with Gasteiger partial charge in [0.05, 0.1) is 6.54 Å². The van der Waals surface area contributed by atoms with E-state index in [9.17, 15) is 4.79 Å². The molecule has 118 valence electrons. The molecule has 0 spiro atoms. The van der Waals surface area contributed by atoms with Gasteiger partial charge in [0.2, 0.25) is 0 Å². The molecule has 0 aliphatic carbocycles. The summed E-state index contributed by atoms with van der Waals surface area (Å²) < 4.78 is 0. The lowest BCUT2D eigenvalue weighted by Gasteiger charge is -2.21. The van der Waals surface area contributed by atoms with Crippen LogP contribution in [0.4, 0.5) is 5.69 Å². The molecule has 3 rings (SSSR count). The van der Waals surface area contributed by atoms with Crippen molar-refractivity contribution in [3.05, 3.63) is 108 Å². The molecule has 0 aliphatic heterocycles. The van der Waals surface area contributed by atoms with Gasteiger partial charge in [0.1, 0.15) is 0 Å². The molecule has 0 N–H and O–H groups in total. The van der Waals surface area contributed by atoms with E-state index in [0.29, 0.717) is 6.54 Å². The van der Waals surface area contributed by atoms with Gasteiger partial charge >= 0.3 is 0 Å². The second kappa shape index (κ2) is 7.93. The molecule has 0 atom stereocenters. The fourth-order valence-corrected chi connectivity index (χ4v) is 2.49. The van der Waals surface area contributed by atoms with Crippen molar-refractivity contribution in [2.75, 3.05) is 4.90 Å². The summed E-state index contributed by atoms with van der Waals surface area (Å²) in [5.41, 5.74) is 3.01. The summed E-state index contributed by atoms with van der Waals surface area (Å²) in [5, 5.41) is 0. The maximum absolute atomic E-state index is 12.8. The molecular weight excluding hydrogens is 294 g/mol. The van der Waals surface area contributed by atoms with Gasteiger partial charge in [-0.1, -0.05) is 78.9 Å². The van der Waals surface area contributed by atoms with E-state index in [-0.39, 0.29) is 5.91 Å². The third-order valence-corrected chi connectivity index (χ3v) is 3.74. The summed E-state index contributed by atoms with van der Waals surface area (Å²) in [6.45, 7) is 0.544. The van der Waals surface area contributed by atoms with Crippen LogP contribution in [0.15, 0.2) is 97.1 Å². The average Bonchev–Trinajstić information content (AvgIpc) is 2.66. The fraction of sp³-hybridized carbons (Fsp3) is 0.0455. The van der Waals surface area contributed by atoms with Crippen LogP contribution in [0.2, 0.25) is 0 Å². The van der Waals surface area contributed by atoms with Gasteiger partial charge in [0.15, 0.2) is 0 Å². The largest absolute Gasteiger partial charge is 0.304 e. The van der Waals surface area contributed by atoms with Gasteiger partial charge in [-0.2, -0.15) is 0 Å². The van der Waals surface area contributed by atoms with Crippen molar-refractivity contribution in [2.45, 2.75) is 6.54 Å². The Morgan fingerprint density at radius 3 is 1.92 bits per heavy atom. The van der Waals surface area contributed by atoms with Gasteiger partial charge in [-0.3, -0.25) is 4.79 Å². The molecule has 0 bridgehead atoms. The van der Waals surface area contributed by atoms with Gasteiger partial charge in [0, 0.05) is 11.8 Å². The molecule has 0 fully saturated rings. The molecule has 3 aromatic carbocycles. The van der Waals surface area contributed by atoms with Crippen molar-refractivity contribution in [2.24, 2.45) is 0 Å². The Kier molecular flexibility index (Phi) is 5.21. The van der Waals surface area contributed by atoms with Crippen molar-refractivity contribution >= 4 is 17.7 Å². The number of benzene rings is 3. The van der Waals surface area contributed by atoms with E-state index in [1.165, 1.54) is 0 Å². The zero-order chi connectivity index (χ0) is 16.6. The number of carbonyl (C=O) groups is 1. The summed E-state index contributed by atoms with van der Waals surface area (Å²) in [4.78, 5) is 14.5. The predicted octanol–water partition coefficient (Wildman–Crippen LogP) is 4.93. The monoisotopic (exact) mass is 313 g/mol. The first-order valence-electron chi connectivity index (χ1n) is 7.96. The molecule has 0 unspecified atom stereocenters. The van der Waals surface area contributed by atoms with Crippen LogP contribution in [-0.4, -0.2) is 5.91 Å². The first-order chi connectivity index (χ1) is 11.8. The number of rotatable bonds is 5. The highest BCUT2D eigenvalue weighted by Crippen LogP contribution is 2.18. The number of hydrogen-bond acceptors (Lipinski definition) is 1. The molecule has 0 saturated carbocycles. The van der Waals surface area contributed by atoms with Gasteiger partial charge in [0.25, 0.3) is 5.91 Å². The van der Waals surface area contributed by atoms with Crippen LogP contribution in [0.1, 0.15) is 11.1 Å². The fourth-order valence-electron chi connectivity index (χ4n) is 2.49. The number of hydrogen-bond donors (Lipinski definition) is 0. The maximum atomic E-state index is 12.8. The van der Waals surface area contributed by atoms with Crippen molar-refractivity contribution in [3.63, 3.8) is 0 Å². The molecule has 2 heteroatoms. The smallest absolute Gasteiger partial charge is 0.251 e. The average molecular weight is 313 g/mol. The second-order valence-electron chi connectivity index (χ2n) is 5.49. The zero-order valence-electron chi connectivity index (χ0n) is 13.4. The van der Waals surface area contributed by atoms with Crippen molar-refractivity contribution in [1.29, 1.82) is 0 Å². The highest BCUT2D eigenvalue weighted by molar-refractivity contribution is 6.03. The third-order valence-electron chi connectivity index (χ3n) is 3.74. The van der Waals surface area contributed by atoms with Gasteiger partial charge in [-0.05, 0) is 29.3 Å².